The van der Waals surface area contributed by atoms with Gasteiger partial charge in [0.25, 0.3) is 0 Å². The van der Waals surface area contributed by atoms with Crippen LogP contribution in [0.5, 0.6) is 0 Å². The maximum Gasteiger partial charge on any atom is 0.416 e. The summed E-state index contributed by atoms with van der Waals surface area (Å²) in [6, 6.07) is 18.9. The van der Waals surface area contributed by atoms with Crippen LogP contribution in [0.4, 0.5) is 13.2 Å². The number of halogens is 3. The predicted octanol–water partition coefficient (Wildman–Crippen LogP) is 5.53. The molecule has 20 heavy (non-hydrogen) atoms. The van der Waals surface area contributed by atoms with Gasteiger partial charge < -0.3 is 0 Å². The van der Waals surface area contributed by atoms with Gasteiger partial charge in [-0.25, -0.2) is 0 Å². The maximum absolute atomic E-state index is 12.7. The Bertz CT molecular complexity index is 757. The van der Waals surface area contributed by atoms with Crippen molar-refractivity contribution in [2.24, 2.45) is 0 Å². The highest BCUT2D eigenvalue weighted by atomic mass is 19.4. The molecular formula is C17H11F3. The summed E-state index contributed by atoms with van der Waals surface area (Å²) in [5.74, 6) is 0. The standard InChI is InChI=1S/C17H11F3/c18-17(19,20)16-7-3-6-14(11-16)15-9-8-12-4-1-2-5-13(12)10-15/h1-11H. The molecule has 0 saturated heterocycles. The molecule has 3 heteroatoms. The van der Waals surface area contributed by atoms with Crippen molar-refractivity contribution in [3.63, 3.8) is 0 Å². The molecule has 0 bridgehead atoms. The summed E-state index contributed by atoms with van der Waals surface area (Å²) in [6.45, 7) is 0. The summed E-state index contributed by atoms with van der Waals surface area (Å²) in [7, 11) is 0. The molecule has 0 N–H and O–H groups in total. The van der Waals surface area contributed by atoms with Crippen molar-refractivity contribution >= 4 is 10.8 Å². The van der Waals surface area contributed by atoms with Crippen LogP contribution in [0.3, 0.4) is 0 Å². The van der Waals surface area contributed by atoms with Crippen LogP contribution in [0.2, 0.25) is 0 Å². The van der Waals surface area contributed by atoms with E-state index < -0.39 is 11.7 Å². The van der Waals surface area contributed by atoms with Crippen LogP contribution in [-0.2, 0) is 6.18 Å². The Labute approximate surface area is 114 Å². The van der Waals surface area contributed by atoms with E-state index in [0.717, 1.165) is 22.4 Å². The first-order chi connectivity index (χ1) is 9.54. The van der Waals surface area contributed by atoms with E-state index in [-0.39, 0.29) is 0 Å². The van der Waals surface area contributed by atoms with E-state index in [1.807, 2.05) is 42.5 Å². The van der Waals surface area contributed by atoms with Gasteiger partial charge in [0.1, 0.15) is 0 Å². The van der Waals surface area contributed by atoms with Gasteiger partial charge in [0.2, 0.25) is 0 Å². The average molecular weight is 272 g/mol. The van der Waals surface area contributed by atoms with Gasteiger partial charge >= 0.3 is 6.18 Å². The molecule has 0 saturated carbocycles. The van der Waals surface area contributed by atoms with Crippen LogP contribution in [0.25, 0.3) is 21.9 Å². The molecule has 0 fully saturated rings. The van der Waals surface area contributed by atoms with Gasteiger partial charge in [-0.15, -0.1) is 0 Å². The fourth-order valence-electron chi connectivity index (χ4n) is 2.24. The van der Waals surface area contributed by atoms with E-state index in [1.165, 1.54) is 12.1 Å². The fourth-order valence-corrected chi connectivity index (χ4v) is 2.24. The van der Waals surface area contributed by atoms with E-state index in [4.69, 9.17) is 0 Å². The summed E-state index contributed by atoms with van der Waals surface area (Å²) >= 11 is 0. The molecule has 3 aromatic rings. The second kappa shape index (κ2) is 4.67. The minimum atomic E-state index is -4.31. The number of fused-ring (bicyclic) bond motifs is 1. The molecule has 0 atom stereocenters. The number of benzene rings is 3. The molecule has 0 radical (unpaired) electrons. The van der Waals surface area contributed by atoms with Gasteiger partial charge in [-0.2, -0.15) is 13.2 Å². The monoisotopic (exact) mass is 272 g/mol. The lowest BCUT2D eigenvalue weighted by molar-refractivity contribution is -0.137. The Morgan fingerprint density at radius 1 is 0.600 bits per heavy atom. The largest absolute Gasteiger partial charge is 0.416 e. The third kappa shape index (κ3) is 2.39. The highest BCUT2D eigenvalue weighted by molar-refractivity contribution is 5.87. The predicted molar refractivity (Wildman–Crippen MR) is 74.4 cm³/mol. The van der Waals surface area contributed by atoms with E-state index in [0.29, 0.717) is 5.56 Å². The van der Waals surface area contributed by atoms with E-state index >= 15 is 0 Å². The molecule has 0 nitrogen and oxygen atoms in total. The highest BCUT2D eigenvalue weighted by Gasteiger charge is 2.30. The minimum Gasteiger partial charge on any atom is -0.166 e. The van der Waals surface area contributed by atoms with Crippen molar-refractivity contribution in [2.75, 3.05) is 0 Å². The third-order valence-electron chi connectivity index (χ3n) is 3.27. The van der Waals surface area contributed by atoms with E-state index in [2.05, 4.69) is 0 Å². The van der Waals surface area contributed by atoms with Crippen LogP contribution in [0.15, 0.2) is 66.7 Å². The highest BCUT2D eigenvalue weighted by Crippen LogP contribution is 2.32. The van der Waals surface area contributed by atoms with Crippen molar-refractivity contribution < 1.29 is 13.2 Å². The first-order valence-corrected chi connectivity index (χ1v) is 6.20. The van der Waals surface area contributed by atoms with Crippen molar-refractivity contribution in [2.45, 2.75) is 6.18 Å². The molecule has 3 aromatic carbocycles. The van der Waals surface area contributed by atoms with Crippen molar-refractivity contribution in [3.05, 3.63) is 72.3 Å². The maximum atomic E-state index is 12.7. The van der Waals surface area contributed by atoms with Gasteiger partial charge in [-0.1, -0.05) is 48.5 Å². The van der Waals surface area contributed by atoms with Crippen LogP contribution >= 0.6 is 0 Å². The zero-order chi connectivity index (χ0) is 14.2. The second-order valence-electron chi connectivity index (χ2n) is 4.64. The van der Waals surface area contributed by atoms with Gasteiger partial charge in [-0.05, 0) is 40.1 Å². The zero-order valence-electron chi connectivity index (χ0n) is 10.5. The summed E-state index contributed by atoms with van der Waals surface area (Å²) in [4.78, 5) is 0. The van der Waals surface area contributed by atoms with Crippen molar-refractivity contribution in [1.29, 1.82) is 0 Å². The van der Waals surface area contributed by atoms with Gasteiger partial charge in [-0.3, -0.25) is 0 Å². The molecule has 0 aliphatic heterocycles. The van der Waals surface area contributed by atoms with E-state index in [9.17, 15) is 13.2 Å². The van der Waals surface area contributed by atoms with Crippen molar-refractivity contribution in [3.8, 4) is 11.1 Å². The molecule has 100 valence electrons. The van der Waals surface area contributed by atoms with Crippen LogP contribution < -0.4 is 0 Å². The van der Waals surface area contributed by atoms with Gasteiger partial charge in [0.05, 0.1) is 5.56 Å². The zero-order valence-corrected chi connectivity index (χ0v) is 10.5. The summed E-state index contributed by atoms with van der Waals surface area (Å²) in [5, 5.41) is 2.09. The molecule has 0 heterocycles. The van der Waals surface area contributed by atoms with Crippen LogP contribution in [-0.4, -0.2) is 0 Å². The number of hydrogen-bond donors (Lipinski definition) is 0. The molecule has 0 amide bonds. The van der Waals surface area contributed by atoms with Gasteiger partial charge in [0.15, 0.2) is 0 Å². The Hall–Kier alpha value is -2.29. The summed E-state index contributed by atoms with van der Waals surface area (Å²) in [5.41, 5.74) is 0.739. The first kappa shape index (κ1) is 12.7. The Morgan fingerprint density at radius 3 is 2.05 bits per heavy atom. The molecular weight excluding hydrogens is 261 g/mol. The fraction of sp³-hybridized carbons (Fsp3) is 0.0588. The Balaban J connectivity index is 2.11. The third-order valence-corrected chi connectivity index (χ3v) is 3.27. The first-order valence-electron chi connectivity index (χ1n) is 6.20. The number of alkyl halides is 3. The van der Waals surface area contributed by atoms with Gasteiger partial charge in [0, 0.05) is 0 Å². The lowest BCUT2D eigenvalue weighted by Gasteiger charge is -2.09. The van der Waals surface area contributed by atoms with Crippen molar-refractivity contribution in [1.82, 2.24) is 0 Å². The molecule has 0 unspecified atom stereocenters. The summed E-state index contributed by atoms with van der Waals surface area (Å²) in [6.07, 6.45) is -4.31. The van der Waals surface area contributed by atoms with E-state index in [1.54, 1.807) is 6.07 Å². The minimum absolute atomic E-state index is 0.575. The lowest BCUT2D eigenvalue weighted by atomic mass is 10.00. The SMILES string of the molecule is FC(F)(F)c1cccc(-c2ccc3ccccc3c2)c1. The smallest absolute Gasteiger partial charge is 0.166 e. The average Bonchev–Trinajstić information content (AvgIpc) is 2.46. The quantitative estimate of drug-likeness (QED) is 0.546. The van der Waals surface area contributed by atoms with Crippen LogP contribution in [0.1, 0.15) is 5.56 Å². The normalized spacial score (nSPS) is 11.8. The topological polar surface area (TPSA) is 0 Å². The molecule has 0 aliphatic carbocycles. The Morgan fingerprint density at radius 2 is 1.30 bits per heavy atom. The lowest BCUT2D eigenvalue weighted by Crippen LogP contribution is -2.04. The second-order valence-corrected chi connectivity index (χ2v) is 4.64. The number of hydrogen-bond acceptors (Lipinski definition) is 0. The molecule has 3 rings (SSSR count). The molecule has 0 aliphatic rings. The molecule has 0 spiro atoms. The van der Waals surface area contributed by atoms with Crippen LogP contribution in [0, 0.1) is 0 Å². The molecule has 0 aromatic heterocycles. The Kier molecular flexibility index (Phi) is 2.97. The number of rotatable bonds is 1. The summed E-state index contributed by atoms with van der Waals surface area (Å²) < 4.78 is 38.2.